The highest BCUT2D eigenvalue weighted by Gasteiger charge is 2.35. The monoisotopic (exact) mass is 242 g/mol. The van der Waals surface area contributed by atoms with E-state index in [0.29, 0.717) is 38.0 Å². The summed E-state index contributed by atoms with van der Waals surface area (Å²) in [6, 6.07) is 0.509. The van der Waals surface area contributed by atoms with Crippen LogP contribution in [0.4, 0.5) is 6.01 Å². The first kappa shape index (κ1) is 12.3. The minimum atomic E-state index is 0.0323. The first-order valence-electron chi connectivity index (χ1n) is 5.61. The highest BCUT2D eigenvalue weighted by molar-refractivity contribution is 5.28. The van der Waals surface area contributed by atoms with E-state index in [2.05, 4.69) is 10.2 Å². The molecule has 0 saturated carbocycles. The van der Waals surface area contributed by atoms with E-state index in [1.165, 1.54) is 0 Å². The van der Waals surface area contributed by atoms with Gasteiger partial charge in [0.1, 0.15) is 12.2 Å². The number of rotatable bonds is 5. The van der Waals surface area contributed by atoms with Gasteiger partial charge in [0, 0.05) is 27.2 Å². The molecule has 1 aromatic heterocycles. The van der Waals surface area contributed by atoms with Crippen molar-refractivity contribution in [3.05, 3.63) is 5.89 Å². The van der Waals surface area contributed by atoms with Crippen LogP contribution in [-0.4, -0.2) is 56.3 Å². The lowest BCUT2D eigenvalue weighted by molar-refractivity contribution is -0.00461. The average molecular weight is 242 g/mol. The van der Waals surface area contributed by atoms with Gasteiger partial charge in [-0.3, -0.25) is 0 Å². The Morgan fingerprint density at radius 1 is 1.29 bits per heavy atom. The molecule has 2 N–H and O–H groups in total. The fourth-order valence-corrected chi connectivity index (χ4v) is 1.95. The van der Waals surface area contributed by atoms with Gasteiger partial charge < -0.3 is 24.5 Å². The molecule has 2 rings (SSSR count). The van der Waals surface area contributed by atoms with Gasteiger partial charge in [-0.05, 0) is 0 Å². The Morgan fingerprint density at radius 2 is 1.94 bits per heavy atom. The van der Waals surface area contributed by atoms with Gasteiger partial charge in [0.15, 0.2) is 0 Å². The summed E-state index contributed by atoms with van der Waals surface area (Å²) < 4.78 is 16.2. The lowest BCUT2D eigenvalue weighted by Gasteiger charge is -2.13. The lowest BCUT2D eigenvalue weighted by Crippen LogP contribution is -2.27. The van der Waals surface area contributed by atoms with Crippen molar-refractivity contribution in [2.75, 3.05) is 38.8 Å². The summed E-state index contributed by atoms with van der Waals surface area (Å²) in [5.74, 6) is 0.567. The summed E-state index contributed by atoms with van der Waals surface area (Å²) in [7, 11) is 3.35. The van der Waals surface area contributed by atoms with E-state index < -0.39 is 0 Å². The summed E-state index contributed by atoms with van der Waals surface area (Å²) >= 11 is 0. The van der Waals surface area contributed by atoms with Crippen LogP contribution in [-0.2, 0) is 15.9 Å². The molecule has 96 valence electrons. The summed E-state index contributed by atoms with van der Waals surface area (Å²) in [5.41, 5.74) is 5.43. The minimum absolute atomic E-state index is 0.0323. The molecule has 0 amide bonds. The maximum atomic E-state index is 5.51. The quantitative estimate of drug-likeness (QED) is 0.739. The van der Waals surface area contributed by atoms with Crippen molar-refractivity contribution in [1.29, 1.82) is 0 Å². The fraction of sp³-hybridized carbons (Fsp3) is 0.800. The van der Waals surface area contributed by atoms with Crippen molar-refractivity contribution in [2.45, 2.75) is 18.6 Å². The Bertz CT molecular complexity index is 345. The maximum Gasteiger partial charge on any atom is 0.318 e. The Labute approximate surface area is 99.9 Å². The van der Waals surface area contributed by atoms with E-state index in [-0.39, 0.29) is 12.2 Å². The second-order valence-corrected chi connectivity index (χ2v) is 3.97. The Morgan fingerprint density at radius 3 is 2.47 bits per heavy atom. The molecule has 1 fully saturated rings. The molecule has 0 aliphatic carbocycles. The van der Waals surface area contributed by atoms with Crippen LogP contribution in [0.2, 0.25) is 0 Å². The van der Waals surface area contributed by atoms with Crippen LogP contribution in [0.1, 0.15) is 5.89 Å². The van der Waals surface area contributed by atoms with E-state index in [9.17, 15) is 0 Å². The Balaban J connectivity index is 2.02. The van der Waals surface area contributed by atoms with Crippen LogP contribution < -0.4 is 10.6 Å². The number of nitrogens with zero attached hydrogens (tertiary/aromatic N) is 3. The van der Waals surface area contributed by atoms with Gasteiger partial charge in [-0.2, -0.15) is 0 Å². The molecule has 1 aromatic rings. The molecule has 0 aromatic carbocycles. The van der Waals surface area contributed by atoms with Gasteiger partial charge >= 0.3 is 6.01 Å². The molecule has 0 bridgehead atoms. The first-order valence-corrected chi connectivity index (χ1v) is 5.61. The molecular weight excluding hydrogens is 224 g/mol. The number of aromatic nitrogens is 2. The van der Waals surface area contributed by atoms with Gasteiger partial charge in [-0.25, -0.2) is 0 Å². The van der Waals surface area contributed by atoms with E-state index in [1.807, 2.05) is 4.90 Å². The van der Waals surface area contributed by atoms with Crippen LogP contribution in [0.5, 0.6) is 0 Å². The summed E-state index contributed by atoms with van der Waals surface area (Å²) in [6.45, 7) is 1.89. The second kappa shape index (κ2) is 5.44. The van der Waals surface area contributed by atoms with Crippen molar-refractivity contribution >= 4 is 6.01 Å². The molecule has 7 heteroatoms. The Kier molecular flexibility index (Phi) is 3.93. The second-order valence-electron chi connectivity index (χ2n) is 3.97. The lowest BCUT2D eigenvalue weighted by atomic mass is 10.3. The van der Waals surface area contributed by atoms with Gasteiger partial charge in [0.2, 0.25) is 5.89 Å². The van der Waals surface area contributed by atoms with Crippen LogP contribution in [0.3, 0.4) is 0 Å². The molecule has 7 nitrogen and oxygen atoms in total. The number of methoxy groups -OCH3 is 2. The zero-order valence-corrected chi connectivity index (χ0v) is 10.1. The molecule has 1 aliphatic heterocycles. The van der Waals surface area contributed by atoms with Gasteiger partial charge in [0.05, 0.1) is 13.1 Å². The molecule has 0 radical (unpaired) electrons. The van der Waals surface area contributed by atoms with Crippen LogP contribution in [0.15, 0.2) is 4.42 Å². The van der Waals surface area contributed by atoms with Crippen LogP contribution in [0, 0.1) is 0 Å². The smallest absolute Gasteiger partial charge is 0.318 e. The van der Waals surface area contributed by atoms with Crippen molar-refractivity contribution < 1.29 is 13.9 Å². The van der Waals surface area contributed by atoms with Crippen LogP contribution in [0.25, 0.3) is 0 Å². The normalized spacial score (nSPS) is 24.5. The van der Waals surface area contributed by atoms with E-state index >= 15 is 0 Å². The fourth-order valence-electron chi connectivity index (χ4n) is 1.95. The van der Waals surface area contributed by atoms with Gasteiger partial charge in [0.25, 0.3) is 0 Å². The molecule has 2 unspecified atom stereocenters. The number of anilines is 1. The zero-order valence-electron chi connectivity index (χ0n) is 10.1. The molecule has 1 saturated heterocycles. The Hall–Kier alpha value is -1.18. The van der Waals surface area contributed by atoms with Crippen molar-refractivity contribution in [2.24, 2.45) is 5.73 Å². The number of ether oxygens (including phenoxy) is 2. The predicted molar refractivity (Wildman–Crippen MR) is 60.9 cm³/mol. The third-order valence-electron chi connectivity index (χ3n) is 2.91. The first-order chi connectivity index (χ1) is 8.28. The molecule has 17 heavy (non-hydrogen) atoms. The predicted octanol–water partition coefficient (Wildman–Crippen LogP) is -0.579. The molecule has 1 aliphatic rings. The van der Waals surface area contributed by atoms with E-state index in [4.69, 9.17) is 19.6 Å². The average Bonchev–Trinajstić information content (AvgIpc) is 2.94. The summed E-state index contributed by atoms with van der Waals surface area (Å²) in [4.78, 5) is 1.97. The van der Waals surface area contributed by atoms with Crippen molar-refractivity contribution in [3.63, 3.8) is 0 Å². The topological polar surface area (TPSA) is 86.6 Å². The third kappa shape index (κ3) is 2.56. The maximum absolute atomic E-state index is 5.51. The largest absolute Gasteiger partial charge is 0.408 e. The minimum Gasteiger partial charge on any atom is -0.408 e. The third-order valence-corrected chi connectivity index (χ3v) is 2.91. The molecule has 0 spiro atoms. The zero-order chi connectivity index (χ0) is 12.3. The number of hydrogen-bond acceptors (Lipinski definition) is 7. The van der Waals surface area contributed by atoms with E-state index in [1.54, 1.807) is 14.2 Å². The van der Waals surface area contributed by atoms with Gasteiger partial charge in [-0.1, -0.05) is 5.10 Å². The van der Waals surface area contributed by atoms with Crippen LogP contribution >= 0.6 is 0 Å². The summed E-state index contributed by atoms with van der Waals surface area (Å²) in [5, 5.41) is 7.93. The van der Waals surface area contributed by atoms with E-state index in [0.717, 1.165) is 0 Å². The highest BCUT2D eigenvalue weighted by atomic mass is 16.5. The number of nitrogens with two attached hydrogens (primary N) is 1. The van der Waals surface area contributed by atoms with Crippen molar-refractivity contribution in [3.8, 4) is 0 Å². The highest BCUT2D eigenvalue weighted by Crippen LogP contribution is 2.22. The molecule has 2 atom stereocenters. The van der Waals surface area contributed by atoms with Crippen molar-refractivity contribution in [1.82, 2.24) is 10.2 Å². The standard InChI is InChI=1S/C10H18N4O3/c1-15-7-5-14(6-8(7)16-2)10-13-12-9(17-10)3-4-11/h7-8H,3-6,11H2,1-2H3. The number of hydrogen-bond donors (Lipinski definition) is 1. The summed E-state index contributed by atoms with van der Waals surface area (Å²) in [6.07, 6.45) is 0.664. The molecule has 2 heterocycles. The molecular formula is C10H18N4O3. The SMILES string of the molecule is COC1CN(c2nnc(CCN)o2)CC1OC. The van der Waals surface area contributed by atoms with Gasteiger partial charge in [-0.15, -0.1) is 5.10 Å².